The molecule has 0 aliphatic rings. The fourth-order valence-corrected chi connectivity index (χ4v) is 1.56. The number of hydrogen-bond acceptors (Lipinski definition) is 3. The molecule has 0 unspecified atom stereocenters. The maximum atomic E-state index is 5.66. The minimum atomic E-state index is 0.456. The SMILES string of the molecule is CCCOc1ccc(CNC)c(OC/C=C/Cl)c1. The van der Waals surface area contributed by atoms with Crippen molar-refractivity contribution in [3.8, 4) is 11.5 Å². The Bertz CT molecular complexity index is 380. The number of nitrogens with one attached hydrogen (secondary N) is 1. The molecule has 0 atom stereocenters. The Morgan fingerprint density at radius 2 is 2.17 bits per heavy atom. The Balaban J connectivity index is 2.77. The summed E-state index contributed by atoms with van der Waals surface area (Å²) in [6, 6.07) is 5.90. The second kappa shape index (κ2) is 8.84. The molecule has 3 nitrogen and oxygen atoms in total. The molecule has 0 bridgehead atoms. The van der Waals surface area contributed by atoms with Crippen LogP contribution in [-0.2, 0) is 6.54 Å². The molecule has 0 spiro atoms. The Kier molecular flexibility index (Phi) is 7.30. The molecule has 1 aromatic rings. The van der Waals surface area contributed by atoms with Gasteiger partial charge in [0.1, 0.15) is 18.1 Å². The van der Waals surface area contributed by atoms with Crippen LogP contribution in [-0.4, -0.2) is 20.3 Å². The van der Waals surface area contributed by atoms with Gasteiger partial charge in [0.2, 0.25) is 0 Å². The zero-order valence-electron chi connectivity index (χ0n) is 10.9. The molecule has 0 saturated carbocycles. The number of halogens is 1. The van der Waals surface area contributed by atoms with Crippen LogP contribution in [0, 0.1) is 0 Å². The van der Waals surface area contributed by atoms with Gasteiger partial charge in [-0.25, -0.2) is 0 Å². The summed E-state index contributed by atoms with van der Waals surface area (Å²) in [7, 11) is 1.91. The quantitative estimate of drug-likeness (QED) is 0.785. The summed E-state index contributed by atoms with van der Waals surface area (Å²) < 4.78 is 11.3. The van der Waals surface area contributed by atoms with Crippen molar-refractivity contribution in [2.45, 2.75) is 19.9 Å². The molecule has 0 amide bonds. The third-order valence-electron chi connectivity index (χ3n) is 2.30. The van der Waals surface area contributed by atoms with Crippen molar-refractivity contribution in [1.82, 2.24) is 5.32 Å². The summed E-state index contributed by atoms with van der Waals surface area (Å²) in [4.78, 5) is 0. The molecule has 18 heavy (non-hydrogen) atoms. The van der Waals surface area contributed by atoms with Crippen LogP contribution in [0.15, 0.2) is 29.8 Å². The van der Waals surface area contributed by atoms with E-state index in [0.29, 0.717) is 13.2 Å². The fraction of sp³-hybridized carbons (Fsp3) is 0.429. The Morgan fingerprint density at radius 1 is 1.33 bits per heavy atom. The molecule has 0 aliphatic carbocycles. The molecule has 1 rings (SSSR count). The van der Waals surface area contributed by atoms with Crippen LogP contribution in [0.25, 0.3) is 0 Å². The van der Waals surface area contributed by atoms with Gasteiger partial charge in [-0.05, 0) is 25.6 Å². The van der Waals surface area contributed by atoms with Crippen molar-refractivity contribution < 1.29 is 9.47 Å². The van der Waals surface area contributed by atoms with Gasteiger partial charge in [-0.3, -0.25) is 0 Å². The monoisotopic (exact) mass is 269 g/mol. The molecular formula is C14H20ClNO2. The van der Waals surface area contributed by atoms with Crippen LogP contribution < -0.4 is 14.8 Å². The predicted octanol–water partition coefficient (Wildman–Crippen LogP) is 3.33. The first-order valence-electron chi connectivity index (χ1n) is 6.10. The first kappa shape index (κ1) is 14.9. The highest BCUT2D eigenvalue weighted by Gasteiger charge is 2.05. The van der Waals surface area contributed by atoms with Gasteiger partial charge in [-0.2, -0.15) is 0 Å². The van der Waals surface area contributed by atoms with Crippen LogP contribution in [0.1, 0.15) is 18.9 Å². The van der Waals surface area contributed by atoms with Crippen molar-refractivity contribution in [3.05, 3.63) is 35.4 Å². The van der Waals surface area contributed by atoms with Gasteiger partial charge in [0, 0.05) is 23.7 Å². The van der Waals surface area contributed by atoms with Crippen molar-refractivity contribution in [2.24, 2.45) is 0 Å². The van der Waals surface area contributed by atoms with E-state index in [1.807, 2.05) is 25.2 Å². The van der Waals surface area contributed by atoms with E-state index in [0.717, 1.165) is 30.0 Å². The molecule has 0 aromatic heterocycles. The van der Waals surface area contributed by atoms with Gasteiger partial charge in [-0.1, -0.05) is 24.6 Å². The van der Waals surface area contributed by atoms with E-state index in [1.54, 1.807) is 6.08 Å². The van der Waals surface area contributed by atoms with Gasteiger partial charge in [-0.15, -0.1) is 0 Å². The molecule has 0 heterocycles. The standard InChI is InChI=1S/C14H20ClNO2/c1-3-8-17-13-6-5-12(11-16-2)14(10-13)18-9-4-7-15/h4-7,10,16H,3,8-9,11H2,1-2H3/b7-4+. The smallest absolute Gasteiger partial charge is 0.127 e. The lowest BCUT2D eigenvalue weighted by atomic mass is 10.2. The number of ether oxygens (including phenoxy) is 2. The van der Waals surface area contributed by atoms with E-state index >= 15 is 0 Å². The molecular weight excluding hydrogens is 250 g/mol. The van der Waals surface area contributed by atoms with E-state index < -0.39 is 0 Å². The van der Waals surface area contributed by atoms with Crippen LogP contribution in [0.2, 0.25) is 0 Å². The topological polar surface area (TPSA) is 30.5 Å². The first-order chi connectivity index (χ1) is 8.81. The molecule has 1 aromatic carbocycles. The van der Waals surface area contributed by atoms with Gasteiger partial charge in [0.15, 0.2) is 0 Å². The highest BCUT2D eigenvalue weighted by atomic mass is 35.5. The lowest BCUT2D eigenvalue weighted by molar-refractivity contribution is 0.311. The maximum Gasteiger partial charge on any atom is 0.127 e. The van der Waals surface area contributed by atoms with E-state index in [-0.39, 0.29) is 0 Å². The minimum absolute atomic E-state index is 0.456. The molecule has 4 heteroatoms. The third-order valence-corrected chi connectivity index (χ3v) is 2.48. The number of rotatable bonds is 8. The summed E-state index contributed by atoms with van der Waals surface area (Å²) in [6.07, 6.45) is 2.74. The van der Waals surface area contributed by atoms with Crippen LogP contribution in [0.4, 0.5) is 0 Å². The highest BCUT2D eigenvalue weighted by Crippen LogP contribution is 2.25. The molecule has 0 fully saturated rings. The number of hydrogen-bond donors (Lipinski definition) is 1. The third kappa shape index (κ3) is 4.98. The van der Waals surface area contributed by atoms with Gasteiger partial charge >= 0.3 is 0 Å². The maximum absolute atomic E-state index is 5.66. The van der Waals surface area contributed by atoms with E-state index in [2.05, 4.69) is 12.2 Å². The lowest BCUT2D eigenvalue weighted by Gasteiger charge is -2.12. The minimum Gasteiger partial charge on any atom is -0.493 e. The molecule has 100 valence electrons. The second-order valence-electron chi connectivity index (χ2n) is 3.82. The largest absolute Gasteiger partial charge is 0.493 e. The van der Waals surface area contributed by atoms with Crippen molar-refractivity contribution >= 4 is 11.6 Å². The first-order valence-corrected chi connectivity index (χ1v) is 6.53. The van der Waals surface area contributed by atoms with Crippen LogP contribution >= 0.6 is 11.6 Å². The van der Waals surface area contributed by atoms with E-state index in [4.69, 9.17) is 21.1 Å². The predicted molar refractivity (Wildman–Crippen MR) is 75.5 cm³/mol. The van der Waals surface area contributed by atoms with Gasteiger partial charge < -0.3 is 14.8 Å². The summed E-state index contributed by atoms with van der Waals surface area (Å²) in [5, 5.41) is 3.11. The van der Waals surface area contributed by atoms with Crippen molar-refractivity contribution in [3.63, 3.8) is 0 Å². The highest BCUT2D eigenvalue weighted by molar-refractivity contribution is 6.25. The summed E-state index contributed by atoms with van der Waals surface area (Å²) in [5.74, 6) is 1.66. The fourth-order valence-electron chi connectivity index (χ4n) is 1.49. The average Bonchev–Trinajstić information content (AvgIpc) is 2.39. The average molecular weight is 270 g/mol. The Hall–Kier alpha value is -1.19. The molecule has 0 aliphatic heterocycles. The van der Waals surface area contributed by atoms with E-state index in [1.165, 1.54) is 5.54 Å². The van der Waals surface area contributed by atoms with Gasteiger partial charge in [0.05, 0.1) is 6.61 Å². The summed E-state index contributed by atoms with van der Waals surface area (Å²) in [6.45, 7) is 4.01. The van der Waals surface area contributed by atoms with Crippen molar-refractivity contribution in [2.75, 3.05) is 20.3 Å². The van der Waals surface area contributed by atoms with Crippen LogP contribution in [0.5, 0.6) is 11.5 Å². The number of benzene rings is 1. The Labute approximate surface area is 114 Å². The summed E-state index contributed by atoms with van der Waals surface area (Å²) >= 11 is 5.47. The zero-order chi connectivity index (χ0) is 13.2. The van der Waals surface area contributed by atoms with Crippen LogP contribution in [0.3, 0.4) is 0 Å². The zero-order valence-corrected chi connectivity index (χ0v) is 11.7. The Morgan fingerprint density at radius 3 is 2.83 bits per heavy atom. The normalized spacial score (nSPS) is 10.8. The summed E-state index contributed by atoms with van der Waals surface area (Å²) in [5.41, 5.74) is 2.55. The second-order valence-corrected chi connectivity index (χ2v) is 4.07. The lowest BCUT2D eigenvalue weighted by Crippen LogP contribution is -2.08. The van der Waals surface area contributed by atoms with Gasteiger partial charge in [0.25, 0.3) is 0 Å². The molecule has 0 radical (unpaired) electrons. The van der Waals surface area contributed by atoms with Crippen molar-refractivity contribution in [1.29, 1.82) is 0 Å². The molecule has 1 N–H and O–H groups in total. The molecule has 0 saturated heterocycles. The van der Waals surface area contributed by atoms with E-state index in [9.17, 15) is 0 Å².